The minimum absolute atomic E-state index is 0. The van der Waals surface area contributed by atoms with Crippen molar-refractivity contribution < 1.29 is 11.0 Å². The quantitative estimate of drug-likeness (QED) is 0.337. The van der Waals surface area contributed by atoms with E-state index < -0.39 is 0 Å². The summed E-state index contributed by atoms with van der Waals surface area (Å²) in [7, 11) is 0. The molecule has 0 aromatic rings. The van der Waals surface area contributed by atoms with Gasteiger partial charge in [0.15, 0.2) is 0 Å². The molecule has 0 aliphatic rings. The van der Waals surface area contributed by atoms with Crippen LogP contribution in [0.5, 0.6) is 0 Å². The molecule has 0 heterocycles. The van der Waals surface area contributed by atoms with Crippen LogP contribution in [0.25, 0.3) is 0 Å². The van der Waals surface area contributed by atoms with Gasteiger partial charge >= 0.3 is 75.5 Å². The molecule has 0 aromatic heterocycles. The van der Waals surface area contributed by atoms with Crippen LogP contribution in [0.2, 0.25) is 0 Å². The fourth-order valence-corrected chi connectivity index (χ4v) is 0. The third kappa shape index (κ3) is 8.83. The Morgan fingerprint density at radius 2 is 0.750 bits per heavy atom. The van der Waals surface area contributed by atoms with Gasteiger partial charge in [0.1, 0.15) is 0 Å². The SMILES string of the molecule is O.[Ca+2].[Ca+2].[O-2]. The Labute approximate surface area is 84.6 Å². The fourth-order valence-electron chi connectivity index (χ4n) is 0. The van der Waals surface area contributed by atoms with Gasteiger partial charge in [0, 0.05) is 0 Å². The Kier molecular flexibility index (Phi) is 144. The topological polar surface area (TPSA) is 60.0 Å². The summed E-state index contributed by atoms with van der Waals surface area (Å²) in [6.45, 7) is 0. The Balaban J connectivity index is 0. The van der Waals surface area contributed by atoms with Gasteiger partial charge in [0.25, 0.3) is 0 Å². The molecule has 0 bridgehead atoms. The number of hydrogen-bond acceptors (Lipinski definition) is 0. The largest absolute Gasteiger partial charge is 2.00 e. The number of hydrogen-bond donors (Lipinski definition) is 0. The molecule has 0 fully saturated rings. The van der Waals surface area contributed by atoms with Crippen LogP contribution in [0.15, 0.2) is 0 Å². The first-order valence-corrected chi connectivity index (χ1v) is 0. The predicted octanol–water partition coefficient (Wildman–Crippen LogP) is -1.71. The summed E-state index contributed by atoms with van der Waals surface area (Å²) in [6, 6.07) is 0. The molecular weight excluding hydrogens is 112 g/mol. The van der Waals surface area contributed by atoms with E-state index in [2.05, 4.69) is 0 Å². The molecule has 0 amide bonds. The first kappa shape index (κ1) is 32.0. The molecule has 0 aromatic carbocycles. The normalized spacial score (nSPS) is 0. The molecule has 0 atom stereocenters. The van der Waals surface area contributed by atoms with Crippen LogP contribution in [-0.4, -0.2) is 81.0 Å². The predicted molar refractivity (Wildman–Crippen MR) is 15.8 cm³/mol. The fraction of sp³-hybridized carbons (Fsp3) is 0. The van der Waals surface area contributed by atoms with Crippen molar-refractivity contribution in [3.05, 3.63) is 0 Å². The molecule has 0 unspecified atom stereocenters. The molecule has 0 saturated heterocycles. The standard InChI is InChI=1S/2Ca.H2O.O/h;;1H2;/q2*+2;;-2. The van der Waals surface area contributed by atoms with Crippen molar-refractivity contribution in [2.75, 3.05) is 0 Å². The van der Waals surface area contributed by atoms with E-state index in [1.54, 1.807) is 0 Å². The minimum atomic E-state index is 0. The van der Waals surface area contributed by atoms with Crippen molar-refractivity contribution in [3.8, 4) is 0 Å². The van der Waals surface area contributed by atoms with E-state index in [1.807, 2.05) is 0 Å². The molecule has 4 heteroatoms. The average Bonchev–Trinajstić information content (AvgIpc) is 0. The Morgan fingerprint density at radius 1 is 0.750 bits per heavy atom. The van der Waals surface area contributed by atoms with Crippen LogP contribution < -0.4 is 0 Å². The van der Waals surface area contributed by atoms with Crippen molar-refractivity contribution in [3.63, 3.8) is 0 Å². The van der Waals surface area contributed by atoms with Gasteiger partial charge in [-0.15, -0.1) is 0 Å². The molecule has 2 N–H and O–H groups in total. The summed E-state index contributed by atoms with van der Waals surface area (Å²) in [5, 5.41) is 0. The Bertz CT molecular complexity index is 4.00. The molecule has 0 spiro atoms. The van der Waals surface area contributed by atoms with E-state index in [4.69, 9.17) is 0 Å². The Hall–Kier alpha value is 2.44. The second kappa shape index (κ2) is 18.0. The van der Waals surface area contributed by atoms with Crippen LogP contribution in [-0.2, 0) is 5.48 Å². The first-order chi connectivity index (χ1) is 0. The second-order valence-electron chi connectivity index (χ2n) is 0. The van der Waals surface area contributed by atoms with Crippen molar-refractivity contribution in [2.45, 2.75) is 0 Å². The molecule has 0 aliphatic carbocycles. The van der Waals surface area contributed by atoms with Crippen molar-refractivity contribution in [1.82, 2.24) is 0 Å². The monoisotopic (exact) mass is 114 g/mol. The van der Waals surface area contributed by atoms with Crippen LogP contribution in [0.3, 0.4) is 0 Å². The third-order valence-corrected chi connectivity index (χ3v) is 0. The molecule has 2 nitrogen and oxygen atoms in total. The molecule has 0 radical (unpaired) electrons. The molecule has 0 rings (SSSR count). The van der Waals surface area contributed by atoms with Crippen molar-refractivity contribution in [2.24, 2.45) is 0 Å². The first-order valence-electron chi connectivity index (χ1n) is 0. The second-order valence-corrected chi connectivity index (χ2v) is 0. The molecule has 0 saturated carbocycles. The zero-order valence-electron chi connectivity index (χ0n) is 2.32. The van der Waals surface area contributed by atoms with Crippen molar-refractivity contribution in [1.29, 1.82) is 0 Å². The van der Waals surface area contributed by atoms with E-state index in [0.717, 1.165) is 0 Å². The smallest absolute Gasteiger partial charge is 2.00 e. The minimum Gasteiger partial charge on any atom is -2.00 e. The van der Waals surface area contributed by atoms with Gasteiger partial charge in [0.05, 0.1) is 0 Å². The summed E-state index contributed by atoms with van der Waals surface area (Å²) >= 11 is 0. The maximum absolute atomic E-state index is 0. The van der Waals surface area contributed by atoms with Crippen LogP contribution in [0.4, 0.5) is 0 Å². The van der Waals surface area contributed by atoms with Crippen LogP contribution in [0, 0.1) is 0 Å². The summed E-state index contributed by atoms with van der Waals surface area (Å²) in [6.07, 6.45) is 0. The number of rotatable bonds is 0. The molecule has 0 aliphatic heterocycles. The summed E-state index contributed by atoms with van der Waals surface area (Å²) in [5.41, 5.74) is 0. The van der Waals surface area contributed by atoms with E-state index in [0.29, 0.717) is 0 Å². The maximum Gasteiger partial charge on any atom is 2.00 e. The van der Waals surface area contributed by atoms with Crippen LogP contribution >= 0.6 is 0 Å². The van der Waals surface area contributed by atoms with E-state index >= 15 is 0 Å². The van der Waals surface area contributed by atoms with Crippen molar-refractivity contribution >= 4 is 75.5 Å². The van der Waals surface area contributed by atoms with Gasteiger partial charge in [-0.1, -0.05) is 0 Å². The average molecular weight is 114 g/mol. The van der Waals surface area contributed by atoms with E-state index in [1.165, 1.54) is 0 Å². The van der Waals surface area contributed by atoms with Gasteiger partial charge in [-0.2, -0.15) is 0 Å². The van der Waals surface area contributed by atoms with Gasteiger partial charge in [0.2, 0.25) is 0 Å². The molecule has 16 valence electrons. The summed E-state index contributed by atoms with van der Waals surface area (Å²) in [4.78, 5) is 0. The summed E-state index contributed by atoms with van der Waals surface area (Å²) < 4.78 is 0. The zero-order valence-corrected chi connectivity index (χ0v) is 6.74. The van der Waals surface area contributed by atoms with Gasteiger partial charge in [-0.3, -0.25) is 0 Å². The molecule has 4 heavy (non-hydrogen) atoms. The van der Waals surface area contributed by atoms with E-state index in [-0.39, 0.29) is 86.4 Å². The molecular formula is H2Ca2O2+2. The van der Waals surface area contributed by atoms with Gasteiger partial charge < -0.3 is 11.0 Å². The van der Waals surface area contributed by atoms with Gasteiger partial charge in [-0.25, -0.2) is 0 Å². The zero-order chi connectivity index (χ0) is 0. The maximum atomic E-state index is 0. The Morgan fingerprint density at radius 3 is 0.750 bits per heavy atom. The summed E-state index contributed by atoms with van der Waals surface area (Å²) in [5.74, 6) is 0. The van der Waals surface area contributed by atoms with E-state index in [9.17, 15) is 0 Å². The third-order valence-electron chi connectivity index (χ3n) is 0. The van der Waals surface area contributed by atoms with Gasteiger partial charge in [-0.05, 0) is 0 Å². The van der Waals surface area contributed by atoms with Crippen LogP contribution in [0.1, 0.15) is 0 Å².